The van der Waals surface area contributed by atoms with Crippen molar-refractivity contribution in [3.8, 4) is 24.2 Å². The number of carboxylic acid groups (broad SMARTS) is 1. The van der Waals surface area contributed by atoms with Gasteiger partial charge in [-0.3, -0.25) is 0 Å². The summed E-state index contributed by atoms with van der Waals surface area (Å²) in [4.78, 5) is 11.8. The molecule has 0 aliphatic heterocycles. The minimum Gasteiger partial charge on any atom is -0.481 e. The van der Waals surface area contributed by atoms with Crippen molar-refractivity contribution in [2.24, 2.45) is 0 Å². The van der Waals surface area contributed by atoms with Gasteiger partial charge in [0.1, 0.15) is 12.4 Å². The van der Waals surface area contributed by atoms with Gasteiger partial charge in [-0.25, -0.2) is 4.79 Å². The molecule has 0 aliphatic carbocycles. The Hall–Kier alpha value is -3.44. The van der Waals surface area contributed by atoms with Gasteiger partial charge in [-0.15, -0.1) is 6.42 Å². The highest BCUT2D eigenvalue weighted by Crippen LogP contribution is 2.30. The summed E-state index contributed by atoms with van der Waals surface area (Å²) in [6.07, 6.45) is 6.01. The smallest absolute Gasteiger partial charge is 0.330 e. The lowest BCUT2D eigenvalue weighted by molar-refractivity contribution is -0.138. The van der Waals surface area contributed by atoms with Crippen LogP contribution in [0.4, 0.5) is 5.69 Å². The molecule has 2 N–H and O–H groups in total. The minimum absolute atomic E-state index is 0.0572. The Morgan fingerprint density at radius 1 is 1.32 bits per heavy atom. The summed E-state index contributed by atoms with van der Waals surface area (Å²) in [6, 6.07) is 13.0. The Morgan fingerprint density at radius 3 is 2.60 bits per heavy atom. The number of carboxylic acids is 1. The van der Waals surface area contributed by atoms with Crippen molar-refractivity contribution >= 4 is 11.7 Å². The quantitative estimate of drug-likeness (QED) is 0.759. The molecule has 2 aromatic rings. The van der Waals surface area contributed by atoms with E-state index in [4.69, 9.17) is 16.4 Å². The number of rotatable bonds is 7. The molecule has 0 spiro atoms. The molecule has 126 valence electrons. The van der Waals surface area contributed by atoms with Crippen LogP contribution in [0.2, 0.25) is 0 Å². The van der Waals surface area contributed by atoms with Crippen molar-refractivity contribution in [3.63, 3.8) is 0 Å². The van der Waals surface area contributed by atoms with Crippen molar-refractivity contribution in [2.45, 2.75) is 19.4 Å². The SMILES string of the molecule is C#CCOc1ccc(CC)cc1[C@@H](Nc1ccc(C#N)cc1)C(=O)O. The third-order valence-corrected chi connectivity index (χ3v) is 3.68. The molecule has 0 unspecified atom stereocenters. The van der Waals surface area contributed by atoms with Crippen LogP contribution in [0, 0.1) is 23.7 Å². The third-order valence-electron chi connectivity index (χ3n) is 3.68. The van der Waals surface area contributed by atoms with Crippen LogP contribution in [0.15, 0.2) is 42.5 Å². The number of carbonyl (C=O) groups is 1. The molecule has 0 heterocycles. The van der Waals surface area contributed by atoms with E-state index in [2.05, 4.69) is 11.2 Å². The zero-order valence-electron chi connectivity index (χ0n) is 13.8. The fraction of sp³-hybridized carbons (Fsp3) is 0.200. The van der Waals surface area contributed by atoms with E-state index in [1.165, 1.54) is 0 Å². The van der Waals surface area contributed by atoms with Crippen LogP contribution in [0.1, 0.15) is 29.7 Å². The average Bonchev–Trinajstić information content (AvgIpc) is 2.64. The average molecular weight is 334 g/mol. The molecule has 0 amide bonds. The molecule has 0 fully saturated rings. The number of nitrogens with one attached hydrogen (secondary N) is 1. The fourth-order valence-electron chi connectivity index (χ4n) is 2.37. The molecule has 0 bridgehead atoms. The van der Waals surface area contributed by atoms with Crippen LogP contribution in [0.5, 0.6) is 5.75 Å². The van der Waals surface area contributed by atoms with Gasteiger partial charge in [0.15, 0.2) is 6.04 Å². The van der Waals surface area contributed by atoms with E-state index in [0.29, 0.717) is 22.6 Å². The molecule has 5 nitrogen and oxygen atoms in total. The summed E-state index contributed by atoms with van der Waals surface area (Å²) in [7, 11) is 0. The zero-order valence-corrected chi connectivity index (χ0v) is 13.8. The second-order valence-electron chi connectivity index (χ2n) is 5.32. The fourth-order valence-corrected chi connectivity index (χ4v) is 2.37. The van der Waals surface area contributed by atoms with Gasteiger partial charge in [-0.2, -0.15) is 5.26 Å². The Labute approximate surface area is 146 Å². The number of benzene rings is 2. The van der Waals surface area contributed by atoms with Crippen molar-refractivity contribution in [1.82, 2.24) is 0 Å². The van der Waals surface area contributed by atoms with E-state index >= 15 is 0 Å². The number of terminal acetylenes is 1. The maximum absolute atomic E-state index is 11.8. The van der Waals surface area contributed by atoms with Crippen molar-refractivity contribution < 1.29 is 14.6 Å². The van der Waals surface area contributed by atoms with Crippen LogP contribution in [0.3, 0.4) is 0 Å². The maximum Gasteiger partial charge on any atom is 0.330 e. The molecule has 0 aliphatic rings. The second-order valence-corrected chi connectivity index (χ2v) is 5.32. The number of nitrogens with zero attached hydrogens (tertiary/aromatic N) is 1. The van der Waals surface area contributed by atoms with Crippen LogP contribution in [-0.4, -0.2) is 17.7 Å². The zero-order chi connectivity index (χ0) is 18.2. The van der Waals surface area contributed by atoms with Crippen LogP contribution >= 0.6 is 0 Å². The highest BCUT2D eigenvalue weighted by Gasteiger charge is 2.24. The van der Waals surface area contributed by atoms with E-state index in [0.717, 1.165) is 12.0 Å². The van der Waals surface area contributed by atoms with Crippen LogP contribution < -0.4 is 10.1 Å². The number of hydrogen-bond acceptors (Lipinski definition) is 4. The van der Waals surface area contributed by atoms with Gasteiger partial charge in [-0.05, 0) is 48.4 Å². The highest BCUT2D eigenvalue weighted by atomic mass is 16.5. The number of hydrogen-bond donors (Lipinski definition) is 2. The van der Waals surface area contributed by atoms with Crippen molar-refractivity contribution in [1.29, 1.82) is 5.26 Å². The van der Waals surface area contributed by atoms with E-state index in [1.807, 2.05) is 19.1 Å². The van der Waals surface area contributed by atoms with Gasteiger partial charge in [0, 0.05) is 11.3 Å². The first-order valence-electron chi connectivity index (χ1n) is 7.77. The molecule has 0 saturated carbocycles. The number of aliphatic carboxylic acids is 1. The molecule has 0 aromatic heterocycles. The van der Waals surface area contributed by atoms with Crippen molar-refractivity contribution in [3.05, 3.63) is 59.2 Å². The minimum atomic E-state index is -1.04. The normalized spacial score (nSPS) is 11.0. The number of anilines is 1. The number of aryl methyl sites for hydroxylation is 1. The summed E-state index contributed by atoms with van der Waals surface area (Å²) in [5, 5.41) is 21.5. The largest absolute Gasteiger partial charge is 0.481 e. The lowest BCUT2D eigenvalue weighted by atomic mass is 10.0. The summed E-state index contributed by atoms with van der Waals surface area (Å²) in [6.45, 7) is 2.05. The van der Waals surface area contributed by atoms with E-state index in [-0.39, 0.29) is 6.61 Å². The maximum atomic E-state index is 11.8. The van der Waals surface area contributed by atoms with E-state index < -0.39 is 12.0 Å². The standard InChI is InChI=1S/C20H18N2O3/c1-3-11-25-18-10-7-14(4-2)12-17(18)19(20(23)24)22-16-8-5-15(13-21)6-9-16/h1,5-10,12,19,22H,4,11H2,2H3,(H,23,24)/t19-/m1/s1. The molecular weight excluding hydrogens is 316 g/mol. The van der Waals surface area contributed by atoms with Crippen LogP contribution in [-0.2, 0) is 11.2 Å². The Morgan fingerprint density at radius 2 is 2.04 bits per heavy atom. The van der Waals surface area contributed by atoms with Gasteiger partial charge in [0.25, 0.3) is 0 Å². The van der Waals surface area contributed by atoms with Gasteiger partial charge in [0.2, 0.25) is 0 Å². The molecule has 25 heavy (non-hydrogen) atoms. The Bertz CT molecular complexity index is 830. The first kappa shape index (κ1) is 17.9. The molecule has 1 atom stereocenters. The second kappa shape index (κ2) is 8.42. The first-order valence-corrected chi connectivity index (χ1v) is 7.77. The Balaban J connectivity index is 2.39. The highest BCUT2D eigenvalue weighted by molar-refractivity contribution is 5.80. The predicted molar refractivity (Wildman–Crippen MR) is 95.3 cm³/mol. The Kier molecular flexibility index (Phi) is 6.03. The molecule has 2 rings (SSSR count). The third kappa shape index (κ3) is 4.53. The van der Waals surface area contributed by atoms with E-state index in [9.17, 15) is 9.90 Å². The lowest BCUT2D eigenvalue weighted by Crippen LogP contribution is -2.21. The molecule has 0 radical (unpaired) electrons. The molecule has 5 heteroatoms. The van der Waals surface area contributed by atoms with Crippen molar-refractivity contribution in [2.75, 3.05) is 11.9 Å². The topological polar surface area (TPSA) is 82.3 Å². The first-order chi connectivity index (χ1) is 12.1. The van der Waals surface area contributed by atoms with Gasteiger partial charge >= 0.3 is 5.97 Å². The lowest BCUT2D eigenvalue weighted by Gasteiger charge is -2.20. The van der Waals surface area contributed by atoms with Gasteiger partial charge in [0.05, 0.1) is 11.6 Å². The van der Waals surface area contributed by atoms with Gasteiger partial charge < -0.3 is 15.2 Å². The summed E-state index contributed by atoms with van der Waals surface area (Å²) >= 11 is 0. The monoisotopic (exact) mass is 334 g/mol. The van der Waals surface area contributed by atoms with Gasteiger partial charge in [-0.1, -0.05) is 18.9 Å². The molecule has 0 saturated heterocycles. The molecular formula is C20H18N2O3. The predicted octanol–water partition coefficient (Wildman–Crippen LogP) is 3.37. The summed E-state index contributed by atoms with van der Waals surface area (Å²) < 4.78 is 5.51. The summed E-state index contributed by atoms with van der Waals surface area (Å²) in [5.74, 6) is 1.78. The van der Waals surface area contributed by atoms with Crippen LogP contribution in [0.25, 0.3) is 0 Å². The summed E-state index contributed by atoms with van der Waals surface area (Å²) in [5.41, 5.74) is 2.60. The van der Waals surface area contributed by atoms with E-state index in [1.54, 1.807) is 36.4 Å². The number of nitriles is 1. The number of ether oxygens (including phenoxy) is 1. The molecule has 2 aromatic carbocycles.